The number of likely N-dealkylation sites (tertiary alicyclic amines) is 1. The Balaban J connectivity index is 1.69. The standard InChI is InChI=1S/C21H27N3O4S2/c1-14(2)15-6-8-16(9-7-15)19(25)22-20-18(10-12-29-20)21(26)24-11-4-5-17(13-24)23-30(3,27)28/h6-10,12,14,17,23H,4-5,11,13H2,1-3H3,(H,22,25). The van der Waals surface area contributed by atoms with Crippen molar-refractivity contribution in [2.24, 2.45) is 0 Å². The number of nitrogens with one attached hydrogen (secondary N) is 2. The lowest BCUT2D eigenvalue weighted by Crippen LogP contribution is -2.49. The molecule has 1 aromatic heterocycles. The molecule has 2 N–H and O–H groups in total. The van der Waals surface area contributed by atoms with Gasteiger partial charge in [0.15, 0.2) is 0 Å². The molecule has 1 aliphatic heterocycles. The van der Waals surface area contributed by atoms with Gasteiger partial charge in [-0.1, -0.05) is 26.0 Å². The first kappa shape index (κ1) is 22.5. The van der Waals surface area contributed by atoms with Crippen LogP contribution in [0.1, 0.15) is 58.9 Å². The molecule has 0 aliphatic carbocycles. The Bertz CT molecular complexity index is 1010. The number of carbonyl (C=O) groups excluding carboxylic acids is 2. The van der Waals surface area contributed by atoms with Crippen LogP contribution in [0.3, 0.4) is 0 Å². The van der Waals surface area contributed by atoms with Crippen LogP contribution in [0.4, 0.5) is 5.00 Å². The van der Waals surface area contributed by atoms with Gasteiger partial charge in [-0.15, -0.1) is 11.3 Å². The van der Waals surface area contributed by atoms with Crippen molar-refractivity contribution >= 4 is 38.2 Å². The molecule has 0 saturated carbocycles. The molecule has 1 atom stereocenters. The van der Waals surface area contributed by atoms with Gasteiger partial charge in [0.2, 0.25) is 10.0 Å². The fourth-order valence-electron chi connectivity index (χ4n) is 3.50. The van der Waals surface area contributed by atoms with Crippen LogP contribution in [0.25, 0.3) is 0 Å². The molecule has 2 aromatic rings. The molecule has 0 radical (unpaired) electrons. The van der Waals surface area contributed by atoms with E-state index in [0.717, 1.165) is 11.8 Å². The summed E-state index contributed by atoms with van der Waals surface area (Å²) in [6.45, 7) is 5.05. The molecule has 1 aromatic carbocycles. The molecule has 1 saturated heterocycles. The molecule has 1 fully saturated rings. The second-order valence-corrected chi connectivity index (χ2v) is 10.6. The zero-order valence-corrected chi connectivity index (χ0v) is 19.0. The number of piperidine rings is 1. The minimum Gasteiger partial charge on any atom is -0.337 e. The van der Waals surface area contributed by atoms with Crippen LogP contribution in [0, 0.1) is 0 Å². The van der Waals surface area contributed by atoms with E-state index < -0.39 is 10.0 Å². The van der Waals surface area contributed by atoms with Crippen molar-refractivity contribution < 1.29 is 18.0 Å². The minimum absolute atomic E-state index is 0.207. The molecular weight excluding hydrogens is 422 g/mol. The first-order valence-corrected chi connectivity index (χ1v) is 12.7. The maximum atomic E-state index is 13.0. The highest BCUT2D eigenvalue weighted by Crippen LogP contribution is 2.27. The van der Waals surface area contributed by atoms with Crippen LogP contribution in [0.2, 0.25) is 0 Å². The van der Waals surface area contributed by atoms with Gasteiger partial charge in [0, 0.05) is 24.7 Å². The van der Waals surface area contributed by atoms with Crippen LogP contribution in [0.15, 0.2) is 35.7 Å². The number of amides is 2. The predicted molar refractivity (Wildman–Crippen MR) is 120 cm³/mol. The smallest absolute Gasteiger partial charge is 0.256 e. The Labute approximate surface area is 181 Å². The second kappa shape index (κ2) is 9.28. The first-order valence-electron chi connectivity index (χ1n) is 9.89. The van der Waals surface area contributed by atoms with Crippen LogP contribution >= 0.6 is 11.3 Å². The Kier molecular flexibility index (Phi) is 6.95. The Morgan fingerprint density at radius 3 is 2.50 bits per heavy atom. The van der Waals surface area contributed by atoms with E-state index in [1.165, 1.54) is 11.3 Å². The van der Waals surface area contributed by atoms with Crippen LogP contribution in [-0.2, 0) is 10.0 Å². The summed E-state index contributed by atoms with van der Waals surface area (Å²) >= 11 is 1.29. The lowest BCUT2D eigenvalue weighted by molar-refractivity contribution is 0.0704. The summed E-state index contributed by atoms with van der Waals surface area (Å²) in [5, 5.41) is 5.11. The van der Waals surface area contributed by atoms with Gasteiger partial charge in [0.1, 0.15) is 5.00 Å². The molecule has 1 unspecified atom stereocenters. The van der Waals surface area contributed by atoms with Gasteiger partial charge in [-0.05, 0) is 47.9 Å². The summed E-state index contributed by atoms with van der Waals surface area (Å²) in [6.07, 6.45) is 2.53. The van der Waals surface area contributed by atoms with E-state index in [-0.39, 0.29) is 17.9 Å². The van der Waals surface area contributed by atoms with Crippen molar-refractivity contribution in [2.75, 3.05) is 24.7 Å². The third-order valence-corrected chi connectivity index (χ3v) is 6.64. The van der Waals surface area contributed by atoms with E-state index in [4.69, 9.17) is 0 Å². The number of nitrogens with zero attached hydrogens (tertiary/aromatic N) is 1. The van der Waals surface area contributed by atoms with E-state index in [1.54, 1.807) is 28.5 Å². The van der Waals surface area contributed by atoms with Gasteiger partial charge < -0.3 is 10.2 Å². The zero-order chi connectivity index (χ0) is 21.9. The van der Waals surface area contributed by atoms with E-state index in [2.05, 4.69) is 23.9 Å². The SMILES string of the molecule is CC(C)c1ccc(C(=O)Nc2sccc2C(=O)N2CCCC(NS(C)(=O)=O)C2)cc1. The van der Waals surface area contributed by atoms with E-state index in [1.807, 2.05) is 12.1 Å². The fourth-order valence-corrected chi connectivity index (χ4v) is 5.07. The van der Waals surface area contributed by atoms with Crippen molar-refractivity contribution in [1.82, 2.24) is 9.62 Å². The average molecular weight is 450 g/mol. The lowest BCUT2D eigenvalue weighted by Gasteiger charge is -2.32. The van der Waals surface area contributed by atoms with Crippen LogP contribution in [-0.4, -0.2) is 50.5 Å². The minimum atomic E-state index is -3.33. The largest absolute Gasteiger partial charge is 0.337 e. The highest BCUT2D eigenvalue weighted by Gasteiger charge is 2.28. The van der Waals surface area contributed by atoms with E-state index in [9.17, 15) is 18.0 Å². The highest BCUT2D eigenvalue weighted by atomic mass is 32.2. The predicted octanol–water partition coefficient (Wildman–Crippen LogP) is 3.28. The summed E-state index contributed by atoms with van der Waals surface area (Å²) in [6, 6.07) is 8.83. The number of sulfonamides is 1. The number of rotatable bonds is 6. The normalized spacial score (nSPS) is 17.2. The molecule has 7 nitrogen and oxygen atoms in total. The van der Waals surface area contributed by atoms with E-state index >= 15 is 0 Å². The summed E-state index contributed by atoms with van der Waals surface area (Å²) in [5.74, 6) is -0.0898. The molecule has 3 rings (SSSR count). The Hall–Kier alpha value is -2.23. The first-order chi connectivity index (χ1) is 14.1. The van der Waals surface area contributed by atoms with Gasteiger partial charge >= 0.3 is 0 Å². The number of anilines is 1. The molecule has 2 amide bonds. The van der Waals surface area contributed by atoms with Crippen molar-refractivity contribution in [3.63, 3.8) is 0 Å². The lowest BCUT2D eigenvalue weighted by atomic mass is 10.0. The number of benzene rings is 1. The molecule has 2 heterocycles. The molecule has 0 bridgehead atoms. The van der Waals surface area contributed by atoms with Crippen LogP contribution < -0.4 is 10.0 Å². The maximum absolute atomic E-state index is 13.0. The second-order valence-electron chi connectivity index (χ2n) is 7.87. The number of carbonyl (C=O) groups is 2. The van der Waals surface area contributed by atoms with Crippen molar-refractivity contribution in [2.45, 2.75) is 38.6 Å². The quantitative estimate of drug-likeness (QED) is 0.707. The van der Waals surface area contributed by atoms with Gasteiger partial charge in [0.05, 0.1) is 11.8 Å². The third-order valence-electron chi connectivity index (χ3n) is 5.05. The third kappa shape index (κ3) is 5.68. The van der Waals surface area contributed by atoms with Gasteiger partial charge in [-0.2, -0.15) is 0 Å². The molecule has 30 heavy (non-hydrogen) atoms. The summed E-state index contributed by atoms with van der Waals surface area (Å²) in [7, 11) is -3.33. The van der Waals surface area contributed by atoms with Crippen LogP contribution in [0.5, 0.6) is 0 Å². The highest BCUT2D eigenvalue weighted by molar-refractivity contribution is 7.88. The Morgan fingerprint density at radius 2 is 1.87 bits per heavy atom. The summed E-state index contributed by atoms with van der Waals surface area (Å²) < 4.78 is 25.6. The molecule has 162 valence electrons. The number of hydrogen-bond acceptors (Lipinski definition) is 5. The van der Waals surface area contributed by atoms with Crippen molar-refractivity contribution in [3.8, 4) is 0 Å². The number of hydrogen-bond donors (Lipinski definition) is 2. The molecule has 1 aliphatic rings. The summed E-state index contributed by atoms with van der Waals surface area (Å²) in [5.41, 5.74) is 2.11. The summed E-state index contributed by atoms with van der Waals surface area (Å²) in [4.78, 5) is 27.3. The molecule has 9 heteroatoms. The zero-order valence-electron chi connectivity index (χ0n) is 17.3. The monoisotopic (exact) mass is 449 g/mol. The Morgan fingerprint density at radius 1 is 1.17 bits per heavy atom. The topological polar surface area (TPSA) is 95.6 Å². The maximum Gasteiger partial charge on any atom is 0.256 e. The number of thiophene rings is 1. The van der Waals surface area contributed by atoms with Crippen molar-refractivity contribution in [1.29, 1.82) is 0 Å². The van der Waals surface area contributed by atoms with Gasteiger partial charge in [0.25, 0.3) is 11.8 Å². The molecule has 0 spiro atoms. The van der Waals surface area contributed by atoms with Crippen molar-refractivity contribution in [3.05, 3.63) is 52.4 Å². The van der Waals surface area contributed by atoms with Gasteiger partial charge in [-0.25, -0.2) is 13.1 Å². The fraction of sp³-hybridized carbons (Fsp3) is 0.429. The van der Waals surface area contributed by atoms with E-state index in [0.29, 0.717) is 48.0 Å². The van der Waals surface area contributed by atoms with Gasteiger partial charge in [-0.3, -0.25) is 9.59 Å². The molecular formula is C21H27N3O4S2. The average Bonchev–Trinajstić information content (AvgIpc) is 3.14.